The van der Waals surface area contributed by atoms with Gasteiger partial charge in [0.2, 0.25) is 0 Å². The van der Waals surface area contributed by atoms with E-state index < -0.39 is 17.7 Å². The lowest BCUT2D eigenvalue weighted by molar-refractivity contribution is -0.140. The van der Waals surface area contributed by atoms with Crippen LogP contribution in [0.25, 0.3) is 0 Å². The lowest BCUT2D eigenvalue weighted by Crippen LogP contribution is -2.17. The third-order valence-electron chi connectivity index (χ3n) is 5.59. The van der Waals surface area contributed by atoms with Gasteiger partial charge in [0.05, 0.1) is 5.56 Å². The van der Waals surface area contributed by atoms with Crippen molar-refractivity contribution in [3.63, 3.8) is 0 Å². The van der Waals surface area contributed by atoms with Gasteiger partial charge in [-0.2, -0.15) is 13.2 Å². The molecule has 1 aliphatic rings. The third-order valence-corrected chi connectivity index (χ3v) is 5.59. The van der Waals surface area contributed by atoms with Crippen LogP contribution >= 0.6 is 0 Å². The smallest absolute Gasteiger partial charge is 0.416 e. The van der Waals surface area contributed by atoms with E-state index >= 15 is 0 Å². The van der Waals surface area contributed by atoms with Gasteiger partial charge in [0.15, 0.2) is 5.78 Å². The zero-order valence-electron chi connectivity index (χ0n) is 18.5. The van der Waals surface area contributed by atoms with Gasteiger partial charge in [0, 0.05) is 25.3 Å². The van der Waals surface area contributed by atoms with Crippen molar-refractivity contribution in [2.45, 2.75) is 96.6 Å². The topological polar surface area (TPSA) is 43.4 Å². The Morgan fingerprint density at radius 3 is 2.29 bits per heavy atom. The molecule has 0 spiro atoms. The zero-order valence-corrected chi connectivity index (χ0v) is 18.5. The normalized spacial score (nSPS) is 16.9. The molecule has 0 fully saturated rings. The molecule has 0 aliphatic heterocycles. The highest BCUT2D eigenvalue weighted by atomic mass is 19.4. The quantitative estimate of drug-likeness (QED) is 0.267. The molecular formula is C25H33F3O3. The minimum atomic E-state index is -4.44. The molecule has 2 rings (SSSR count). The molecule has 1 aliphatic carbocycles. The summed E-state index contributed by atoms with van der Waals surface area (Å²) >= 11 is 0. The predicted molar refractivity (Wildman–Crippen MR) is 115 cm³/mol. The van der Waals surface area contributed by atoms with Crippen molar-refractivity contribution in [3.8, 4) is 0 Å². The Labute approximate surface area is 183 Å². The highest BCUT2D eigenvalue weighted by Crippen LogP contribution is 2.37. The molecule has 0 saturated carbocycles. The lowest BCUT2D eigenvalue weighted by atomic mass is 9.84. The molecule has 172 valence electrons. The maximum atomic E-state index is 13.1. The number of alkyl halides is 3. The van der Waals surface area contributed by atoms with E-state index in [1.54, 1.807) is 13.0 Å². The summed E-state index contributed by atoms with van der Waals surface area (Å²) in [5, 5.41) is 0. The van der Waals surface area contributed by atoms with E-state index in [9.17, 15) is 22.8 Å². The van der Waals surface area contributed by atoms with Gasteiger partial charge in [-0.25, -0.2) is 0 Å². The van der Waals surface area contributed by atoms with Crippen LogP contribution in [0.5, 0.6) is 0 Å². The number of aryl methyl sites for hydroxylation is 1. The number of esters is 1. The summed E-state index contributed by atoms with van der Waals surface area (Å²) < 4.78 is 44.8. The van der Waals surface area contributed by atoms with E-state index in [0.717, 1.165) is 31.4 Å². The predicted octanol–water partition coefficient (Wildman–Crippen LogP) is 7.42. The summed E-state index contributed by atoms with van der Waals surface area (Å²) in [6, 6.07) is 3.85. The number of halogens is 3. The van der Waals surface area contributed by atoms with Crippen LogP contribution in [-0.2, 0) is 20.5 Å². The fourth-order valence-electron chi connectivity index (χ4n) is 3.97. The minimum absolute atomic E-state index is 0.111. The zero-order chi connectivity index (χ0) is 22.9. The van der Waals surface area contributed by atoms with Crippen LogP contribution in [0.15, 0.2) is 30.0 Å². The summed E-state index contributed by atoms with van der Waals surface area (Å²) in [4.78, 5) is 24.3. The standard InChI is InChI=1S/C25H33F3O3/c1-3-4-5-6-7-8-9-10-11-24(30)31-23-16-20(15-22(29)17-23)19-12-18(2)13-21(14-19)25(26,27)28/h12-14,17,20H,3-11,15-16H2,1-2H3. The van der Waals surface area contributed by atoms with Gasteiger partial charge >= 0.3 is 12.1 Å². The van der Waals surface area contributed by atoms with Gasteiger partial charge in [-0.3, -0.25) is 9.59 Å². The van der Waals surface area contributed by atoms with E-state index in [1.165, 1.54) is 38.2 Å². The maximum absolute atomic E-state index is 13.1. The summed E-state index contributed by atoms with van der Waals surface area (Å²) in [6.45, 7) is 3.79. The van der Waals surface area contributed by atoms with Gasteiger partial charge < -0.3 is 4.74 Å². The van der Waals surface area contributed by atoms with Crippen molar-refractivity contribution in [2.24, 2.45) is 0 Å². The Hall–Kier alpha value is -2.11. The van der Waals surface area contributed by atoms with E-state index in [0.29, 0.717) is 11.1 Å². The Kier molecular flexibility index (Phi) is 9.79. The van der Waals surface area contributed by atoms with Crippen LogP contribution in [0.1, 0.15) is 100 Å². The second-order valence-corrected chi connectivity index (χ2v) is 8.51. The number of ketones is 1. The molecular weight excluding hydrogens is 405 g/mol. The summed E-state index contributed by atoms with van der Waals surface area (Å²) in [5.41, 5.74) is 0.211. The van der Waals surface area contributed by atoms with E-state index in [1.807, 2.05) is 0 Å². The minimum Gasteiger partial charge on any atom is -0.431 e. The average Bonchev–Trinajstić information content (AvgIpc) is 2.68. The number of unbranched alkanes of at least 4 members (excludes halogenated alkanes) is 7. The lowest BCUT2D eigenvalue weighted by Gasteiger charge is -2.23. The van der Waals surface area contributed by atoms with Crippen LogP contribution in [0.4, 0.5) is 13.2 Å². The highest BCUT2D eigenvalue weighted by molar-refractivity contribution is 5.92. The number of carbonyl (C=O) groups is 2. The van der Waals surface area contributed by atoms with Crippen LogP contribution in [-0.4, -0.2) is 11.8 Å². The van der Waals surface area contributed by atoms with Crippen molar-refractivity contribution >= 4 is 11.8 Å². The number of allylic oxidation sites excluding steroid dienone is 2. The first-order valence-corrected chi connectivity index (χ1v) is 11.3. The highest BCUT2D eigenvalue weighted by Gasteiger charge is 2.32. The van der Waals surface area contributed by atoms with Crippen molar-refractivity contribution in [2.75, 3.05) is 0 Å². The Morgan fingerprint density at radius 1 is 1.00 bits per heavy atom. The van der Waals surface area contributed by atoms with Crippen molar-refractivity contribution in [1.29, 1.82) is 0 Å². The number of rotatable bonds is 11. The van der Waals surface area contributed by atoms with Gasteiger partial charge in [-0.05, 0) is 37.0 Å². The van der Waals surface area contributed by atoms with Gasteiger partial charge in [0.25, 0.3) is 0 Å². The number of hydrogen-bond acceptors (Lipinski definition) is 3. The van der Waals surface area contributed by atoms with Crippen molar-refractivity contribution in [1.82, 2.24) is 0 Å². The number of benzene rings is 1. The van der Waals surface area contributed by atoms with E-state index in [4.69, 9.17) is 4.74 Å². The molecule has 0 saturated heterocycles. The molecule has 0 radical (unpaired) electrons. The first kappa shape index (κ1) is 25.2. The van der Waals surface area contributed by atoms with Crippen LogP contribution in [0, 0.1) is 6.92 Å². The first-order chi connectivity index (χ1) is 14.7. The molecule has 1 aromatic carbocycles. The third kappa shape index (κ3) is 8.88. The van der Waals surface area contributed by atoms with Crippen LogP contribution in [0.3, 0.4) is 0 Å². The van der Waals surface area contributed by atoms with Crippen molar-refractivity contribution in [3.05, 3.63) is 46.7 Å². The van der Waals surface area contributed by atoms with Gasteiger partial charge in [-0.1, -0.05) is 63.5 Å². The van der Waals surface area contributed by atoms with E-state index in [2.05, 4.69) is 6.92 Å². The molecule has 1 atom stereocenters. The number of ether oxygens (including phenoxy) is 1. The largest absolute Gasteiger partial charge is 0.431 e. The number of hydrogen-bond donors (Lipinski definition) is 0. The fourth-order valence-corrected chi connectivity index (χ4v) is 3.97. The molecule has 3 nitrogen and oxygen atoms in total. The Bertz CT molecular complexity index is 781. The second kappa shape index (κ2) is 12.1. The molecule has 0 bridgehead atoms. The Morgan fingerprint density at radius 2 is 1.65 bits per heavy atom. The summed E-state index contributed by atoms with van der Waals surface area (Å²) in [5.74, 6) is -0.794. The second-order valence-electron chi connectivity index (χ2n) is 8.51. The molecule has 1 aromatic rings. The van der Waals surface area contributed by atoms with Gasteiger partial charge in [0.1, 0.15) is 5.76 Å². The molecule has 0 N–H and O–H groups in total. The van der Waals surface area contributed by atoms with Crippen LogP contribution in [0.2, 0.25) is 0 Å². The molecule has 0 heterocycles. The fraction of sp³-hybridized carbons (Fsp3) is 0.600. The molecule has 6 heteroatoms. The molecule has 1 unspecified atom stereocenters. The molecule has 0 amide bonds. The maximum Gasteiger partial charge on any atom is 0.416 e. The summed E-state index contributed by atoms with van der Waals surface area (Å²) in [7, 11) is 0. The number of carbonyl (C=O) groups excluding carboxylic acids is 2. The van der Waals surface area contributed by atoms with Crippen LogP contribution < -0.4 is 0 Å². The molecule has 31 heavy (non-hydrogen) atoms. The monoisotopic (exact) mass is 438 g/mol. The van der Waals surface area contributed by atoms with Crippen molar-refractivity contribution < 1.29 is 27.5 Å². The SMILES string of the molecule is CCCCCCCCCCC(=O)OC1=CC(=O)CC(c2cc(C)cc(C(F)(F)F)c2)C1. The first-order valence-electron chi connectivity index (χ1n) is 11.3. The van der Waals surface area contributed by atoms with E-state index in [-0.39, 0.29) is 36.8 Å². The Balaban J connectivity index is 1.85. The van der Waals surface area contributed by atoms with Gasteiger partial charge in [-0.15, -0.1) is 0 Å². The summed E-state index contributed by atoms with van der Waals surface area (Å²) in [6.07, 6.45) is 6.44. The average molecular weight is 439 g/mol. The molecule has 0 aromatic heterocycles.